The van der Waals surface area contributed by atoms with E-state index < -0.39 is 10.0 Å². The second-order valence-corrected chi connectivity index (χ2v) is 7.42. The topological polar surface area (TPSA) is 124 Å². The summed E-state index contributed by atoms with van der Waals surface area (Å²) in [4.78, 5) is 8.34. The maximum Gasteiger partial charge on any atom is 0.243 e. The first-order chi connectivity index (χ1) is 11.4. The third-order valence-electron chi connectivity index (χ3n) is 3.94. The molecule has 128 valence electrons. The number of hydrogen-bond donors (Lipinski definition) is 2. The first-order valence-electron chi connectivity index (χ1n) is 7.47. The minimum atomic E-state index is -3.52. The van der Waals surface area contributed by atoms with Gasteiger partial charge < -0.3 is 16.2 Å². The van der Waals surface area contributed by atoms with Gasteiger partial charge in [0.15, 0.2) is 0 Å². The molecule has 24 heavy (non-hydrogen) atoms. The molecule has 2 heterocycles. The van der Waals surface area contributed by atoms with Crippen molar-refractivity contribution >= 4 is 21.8 Å². The van der Waals surface area contributed by atoms with Crippen molar-refractivity contribution in [3.63, 3.8) is 0 Å². The summed E-state index contributed by atoms with van der Waals surface area (Å²) in [5.74, 6) is 0.389. The lowest BCUT2D eigenvalue weighted by atomic mass is 10.1. The molecule has 0 radical (unpaired) electrons. The summed E-state index contributed by atoms with van der Waals surface area (Å²) in [6.45, 7) is 3.35. The van der Waals surface area contributed by atoms with E-state index in [1.807, 2.05) is 0 Å². The molecule has 0 saturated carbocycles. The van der Waals surface area contributed by atoms with Crippen LogP contribution in [0, 0.1) is 6.92 Å². The zero-order valence-electron chi connectivity index (χ0n) is 13.3. The lowest BCUT2D eigenvalue weighted by molar-refractivity contribution is 0.0730. The highest BCUT2D eigenvalue weighted by molar-refractivity contribution is 7.89. The Morgan fingerprint density at radius 3 is 2.33 bits per heavy atom. The first kappa shape index (κ1) is 16.6. The second-order valence-electron chi connectivity index (χ2n) is 5.48. The number of aromatic nitrogens is 2. The van der Waals surface area contributed by atoms with E-state index >= 15 is 0 Å². The molecule has 0 unspecified atom stereocenters. The van der Waals surface area contributed by atoms with E-state index in [-0.39, 0.29) is 10.8 Å². The molecule has 1 aromatic heterocycles. The van der Waals surface area contributed by atoms with Gasteiger partial charge in [-0.15, -0.1) is 0 Å². The van der Waals surface area contributed by atoms with Gasteiger partial charge in [0, 0.05) is 24.2 Å². The van der Waals surface area contributed by atoms with Crippen LogP contribution in [0.1, 0.15) is 5.56 Å². The SMILES string of the molecule is Cc1c(N)nc(N)nc1-c1ccc(S(=O)(=O)N2CCOCC2)cc1. The Labute approximate surface area is 140 Å². The van der Waals surface area contributed by atoms with E-state index in [4.69, 9.17) is 16.2 Å². The van der Waals surface area contributed by atoms with Crippen LogP contribution in [0.25, 0.3) is 11.3 Å². The Morgan fingerprint density at radius 2 is 1.71 bits per heavy atom. The molecule has 8 nitrogen and oxygen atoms in total. The zero-order chi connectivity index (χ0) is 17.3. The molecule has 2 aromatic rings. The van der Waals surface area contributed by atoms with E-state index in [0.29, 0.717) is 43.4 Å². The van der Waals surface area contributed by atoms with Gasteiger partial charge in [0.1, 0.15) is 5.82 Å². The van der Waals surface area contributed by atoms with Crippen molar-refractivity contribution in [2.75, 3.05) is 37.8 Å². The lowest BCUT2D eigenvalue weighted by Gasteiger charge is -2.26. The van der Waals surface area contributed by atoms with Crippen LogP contribution < -0.4 is 11.5 Å². The fourth-order valence-corrected chi connectivity index (χ4v) is 3.96. The maximum absolute atomic E-state index is 12.6. The van der Waals surface area contributed by atoms with Gasteiger partial charge in [-0.25, -0.2) is 13.4 Å². The van der Waals surface area contributed by atoms with Gasteiger partial charge in [0.25, 0.3) is 0 Å². The molecule has 1 fully saturated rings. The minimum Gasteiger partial charge on any atom is -0.383 e. The molecule has 9 heteroatoms. The van der Waals surface area contributed by atoms with Crippen LogP contribution in [0.5, 0.6) is 0 Å². The molecule has 4 N–H and O–H groups in total. The number of hydrogen-bond acceptors (Lipinski definition) is 7. The molecule has 0 amide bonds. The van der Waals surface area contributed by atoms with E-state index in [0.717, 1.165) is 5.56 Å². The maximum atomic E-state index is 12.6. The summed E-state index contributed by atoms with van der Waals surface area (Å²) >= 11 is 0. The number of ether oxygens (including phenoxy) is 1. The van der Waals surface area contributed by atoms with Gasteiger partial charge in [-0.3, -0.25) is 0 Å². The van der Waals surface area contributed by atoms with Crippen LogP contribution >= 0.6 is 0 Å². The van der Waals surface area contributed by atoms with Crippen molar-refractivity contribution < 1.29 is 13.2 Å². The monoisotopic (exact) mass is 349 g/mol. The number of anilines is 2. The van der Waals surface area contributed by atoms with Gasteiger partial charge in [-0.1, -0.05) is 12.1 Å². The summed E-state index contributed by atoms with van der Waals surface area (Å²) in [5.41, 5.74) is 13.5. The number of sulfonamides is 1. The van der Waals surface area contributed by atoms with E-state index in [1.54, 1.807) is 31.2 Å². The predicted molar refractivity (Wildman–Crippen MR) is 90.6 cm³/mol. The van der Waals surface area contributed by atoms with Gasteiger partial charge in [0.2, 0.25) is 16.0 Å². The molecular weight excluding hydrogens is 330 g/mol. The predicted octanol–water partition coefficient (Wildman–Crippen LogP) is 0.637. The molecule has 3 rings (SSSR count). The molecule has 1 saturated heterocycles. The van der Waals surface area contributed by atoms with E-state index in [2.05, 4.69) is 9.97 Å². The second kappa shape index (κ2) is 6.34. The Morgan fingerprint density at radius 1 is 1.08 bits per heavy atom. The van der Waals surface area contributed by atoms with Crippen LogP contribution in [0.4, 0.5) is 11.8 Å². The number of nitrogen functional groups attached to an aromatic ring is 2. The molecule has 0 aliphatic carbocycles. The quantitative estimate of drug-likeness (QED) is 0.833. The third kappa shape index (κ3) is 3.05. The van der Waals surface area contributed by atoms with Crippen molar-refractivity contribution in [1.82, 2.24) is 14.3 Å². The van der Waals surface area contributed by atoms with E-state index in [9.17, 15) is 8.42 Å². The van der Waals surface area contributed by atoms with Crippen molar-refractivity contribution in [3.8, 4) is 11.3 Å². The number of morpholine rings is 1. The van der Waals surface area contributed by atoms with Gasteiger partial charge >= 0.3 is 0 Å². The van der Waals surface area contributed by atoms with Crippen LogP contribution in [0.2, 0.25) is 0 Å². The van der Waals surface area contributed by atoms with Crippen LogP contribution in [0.15, 0.2) is 29.2 Å². The van der Waals surface area contributed by atoms with Crippen LogP contribution in [0.3, 0.4) is 0 Å². The Balaban J connectivity index is 1.94. The summed E-state index contributed by atoms with van der Waals surface area (Å²) in [6, 6.07) is 6.52. The summed E-state index contributed by atoms with van der Waals surface area (Å²) in [5, 5.41) is 0. The molecule has 0 bridgehead atoms. The summed E-state index contributed by atoms with van der Waals surface area (Å²) in [7, 11) is -3.52. The fraction of sp³-hybridized carbons (Fsp3) is 0.333. The standard InChI is InChI=1S/C15H19N5O3S/c1-10-13(18-15(17)19-14(10)16)11-2-4-12(5-3-11)24(21,22)20-6-8-23-9-7-20/h2-5H,6-9H2,1H3,(H4,16,17,18,19). The molecule has 0 atom stereocenters. The smallest absolute Gasteiger partial charge is 0.243 e. The Hall–Kier alpha value is -2.23. The molecule has 1 aliphatic heterocycles. The average molecular weight is 349 g/mol. The van der Waals surface area contributed by atoms with E-state index in [1.165, 1.54) is 4.31 Å². The van der Waals surface area contributed by atoms with Crippen LogP contribution in [-0.2, 0) is 14.8 Å². The van der Waals surface area contributed by atoms with Crippen molar-refractivity contribution in [3.05, 3.63) is 29.8 Å². The van der Waals surface area contributed by atoms with Crippen molar-refractivity contribution in [2.45, 2.75) is 11.8 Å². The minimum absolute atomic E-state index is 0.0816. The number of benzene rings is 1. The van der Waals surface area contributed by atoms with Gasteiger partial charge in [0.05, 0.1) is 23.8 Å². The number of nitrogens with two attached hydrogens (primary N) is 2. The largest absolute Gasteiger partial charge is 0.383 e. The third-order valence-corrected chi connectivity index (χ3v) is 5.85. The molecule has 1 aromatic carbocycles. The molecule has 1 aliphatic rings. The fourth-order valence-electron chi connectivity index (χ4n) is 2.55. The highest BCUT2D eigenvalue weighted by Crippen LogP contribution is 2.27. The Bertz CT molecular complexity index is 846. The number of rotatable bonds is 3. The normalized spacial score (nSPS) is 16.2. The number of nitrogens with zero attached hydrogens (tertiary/aromatic N) is 3. The molecular formula is C15H19N5O3S. The molecule has 0 spiro atoms. The summed E-state index contributed by atoms with van der Waals surface area (Å²) in [6.07, 6.45) is 0. The highest BCUT2D eigenvalue weighted by atomic mass is 32.2. The lowest BCUT2D eigenvalue weighted by Crippen LogP contribution is -2.40. The van der Waals surface area contributed by atoms with Crippen molar-refractivity contribution in [2.24, 2.45) is 0 Å². The highest BCUT2D eigenvalue weighted by Gasteiger charge is 2.26. The van der Waals surface area contributed by atoms with Crippen LogP contribution in [-0.4, -0.2) is 49.0 Å². The van der Waals surface area contributed by atoms with Gasteiger partial charge in [-0.2, -0.15) is 9.29 Å². The average Bonchev–Trinajstić information content (AvgIpc) is 2.59. The van der Waals surface area contributed by atoms with Crippen molar-refractivity contribution in [1.29, 1.82) is 0 Å². The zero-order valence-corrected chi connectivity index (χ0v) is 14.1. The Kier molecular flexibility index (Phi) is 4.39. The summed E-state index contributed by atoms with van der Waals surface area (Å²) < 4.78 is 31.9. The van der Waals surface area contributed by atoms with Gasteiger partial charge in [-0.05, 0) is 19.1 Å². The first-order valence-corrected chi connectivity index (χ1v) is 8.91.